The van der Waals surface area contributed by atoms with Gasteiger partial charge in [0.2, 0.25) is 0 Å². The lowest BCUT2D eigenvalue weighted by molar-refractivity contribution is -0.136. The van der Waals surface area contributed by atoms with Crippen LogP contribution in [0.2, 0.25) is 0 Å². The Balaban J connectivity index is 2.38. The summed E-state index contributed by atoms with van der Waals surface area (Å²) in [7, 11) is 0. The summed E-state index contributed by atoms with van der Waals surface area (Å²) in [5.74, 6) is -0.795. The van der Waals surface area contributed by atoms with Gasteiger partial charge in [-0.2, -0.15) is 0 Å². The highest BCUT2D eigenvalue weighted by molar-refractivity contribution is 5.71. The predicted octanol–water partition coefficient (Wildman–Crippen LogP) is 0.980. The van der Waals surface area contributed by atoms with Crippen molar-refractivity contribution in [2.45, 2.75) is 26.6 Å². The molecule has 0 fully saturated rings. The van der Waals surface area contributed by atoms with Gasteiger partial charge >= 0.3 is 5.97 Å². The van der Waals surface area contributed by atoms with E-state index < -0.39 is 5.97 Å². The summed E-state index contributed by atoms with van der Waals surface area (Å²) in [6.45, 7) is 3.02. The number of aromatic nitrogens is 1. The number of aliphatic carboxylic acids is 1. The standard InChI is InChI=1S/C9H11NO3/c1-5-6(2-9(11)12)7-3-13-4-8(7)10-5/h10H,2-4H2,1H3,(H,11,12). The Labute approximate surface area is 75.5 Å². The predicted molar refractivity (Wildman–Crippen MR) is 45.4 cm³/mol. The second-order valence-corrected chi connectivity index (χ2v) is 3.25. The molecule has 1 aliphatic rings. The van der Waals surface area contributed by atoms with Gasteiger partial charge < -0.3 is 14.8 Å². The molecule has 0 amide bonds. The van der Waals surface area contributed by atoms with Gasteiger partial charge in [-0.1, -0.05) is 0 Å². The smallest absolute Gasteiger partial charge is 0.307 e. The first-order valence-electron chi connectivity index (χ1n) is 4.17. The van der Waals surface area contributed by atoms with Crippen LogP contribution in [0.1, 0.15) is 22.5 Å². The van der Waals surface area contributed by atoms with Crippen LogP contribution in [0.4, 0.5) is 0 Å². The molecule has 1 aromatic rings. The van der Waals surface area contributed by atoms with E-state index >= 15 is 0 Å². The van der Waals surface area contributed by atoms with Gasteiger partial charge in [-0.15, -0.1) is 0 Å². The van der Waals surface area contributed by atoms with Crippen LogP contribution in [0, 0.1) is 6.92 Å². The van der Waals surface area contributed by atoms with E-state index in [1.54, 1.807) is 0 Å². The van der Waals surface area contributed by atoms with Gasteiger partial charge in [0.15, 0.2) is 0 Å². The monoisotopic (exact) mass is 181 g/mol. The number of hydrogen-bond acceptors (Lipinski definition) is 2. The molecule has 0 aliphatic carbocycles. The Morgan fingerprint density at radius 2 is 2.38 bits per heavy atom. The molecule has 1 aromatic heterocycles. The average Bonchev–Trinajstić information content (AvgIpc) is 2.55. The second kappa shape index (κ2) is 2.88. The fraction of sp³-hybridized carbons (Fsp3) is 0.444. The van der Waals surface area contributed by atoms with Crippen molar-refractivity contribution in [2.75, 3.05) is 0 Å². The van der Waals surface area contributed by atoms with Gasteiger partial charge in [0.1, 0.15) is 0 Å². The summed E-state index contributed by atoms with van der Waals surface area (Å²) in [6, 6.07) is 0. The van der Waals surface area contributed by atoms with Crippen molar-refractivity contribution in [1.29, 1.82) is 0 Å². The quantitative estimate of drug-likeness (QED) is 0.714. The topological polar surface area (TPSA) is 62.3 Å². The number of H-pyrrole nitrogens is 1. The number of aromatic amines is 1. The summed E-state index contributed by atoms with van der Waals surface area (Å²) < 4.78 is 5.21. The van der Waals surface area contributed by atoms with E-state index in [9.17, 15) is 4.79 Å². The van der Waals surface area contributed by atoms with Crippen LogP contribution in [0.3, 0.4) is 0 Å². The molecular weight excluding hydrogens is 170 g/mol. The second-order valence-electron chi connectivity index (χ2n) is 3.25. The molecule has 0 spiro atoms. The molecule has 0 bridgehead atoms. The zero-order chi connectivity index (χ0) is 9.42. The van der Waals surface area contributed by atoms with E-state index in [4.69, 9.17) is 9.84 Å². The highest BCUT2D eigenvalue weighted by atomic mass is 16.5. The third-order valence-corrected chi connectivity index (χ3v) is 2.34. The molecule has 0 saturated heterocycles. The number of nitrogens with one attached hydrogen (secondary N) is 1. The molecule has 0 unspecified atom stereocenters. The fourth-order valence-corrected chi connectivity index (χ4v) is 1.73. The lowest BCUT2D eigenvalue weighted by atomic mass is 10.1. The van der Waals surface area contributed by atoms with Gasteiger partial charge in [-0.3, -0.25) is 4.79 Å². The molecule has 0 aromatic carbocycles. The van der Waals surface area contributed by atoms with Crippen molar-refractivity contribution in [3.05, 3.63) is 22.5 Å². The van der Waals surface area contributed by atoms with Crippen LogP contribution < -0.4 is 0 Å². The normalized spacial score (nSPS) is 14.5. The number of carbonyl (C=O) groups is 1. The maximum atomic E-state index is 10.6. The molecule has 0 saturated carbocycles. The highest BCUT2D eigenvalue weighted by Crippen LogP contribution is 2.26. The zero-order valence-corrected chi connectivity index (χ0v) is 7.39. The number of aryl methyl sites for hydroxylation is 1. The molecule has 4 nitrogen and oxygen atoms in total. The van der Waals surface area contributed by atoms with E-state index in [0.29, 0.717) is 13.2 Å². The number of fused-ring (bicyclic) bond motifs is 1. The first kappa shape index (κ1) is 8.31. The minimum atomic E-state index is -0.795. The maximum Gasteiger partial charge on any atom is 0.307 e. The molecule has 13 heavy (non-hydrogen) atoms. The van der Waals surface area contributed by atoms with E-state index in [2.05, 4.69) is 4.98 Å². The maximum absolute atomic E-state index is 10.6. The van der Waals surface area contributed by atoms with Gasteiger partial charge in [0, 0.05) is 17.0 Å². The van der Waals surface area contributed by atoms with E-state index in [-0.39, 0.29) is 6.42 Å². The minimum absolute atomic E-state index is 0.0844. The summed E-state index contributed by atoms with van der Waals surface area (Å²) in [5.41, 5.74) is 3.92. The molecule has 4 heteroatoms. The third kappa shape index (κ3) is 1.33. The van der Waals surface area contributed by atoms with Crippen LogP contribution in [-0.2, 0) is 29.2 Å². The molecule has 2 rings (SSSR count). The fourth-order valence-electron chi connectivity index (χ4n) is 1.73. The van der Waals surface area contributed by atoms with Crippen LogP contribution >= 0.6 is 0 Å². The number of hydrogen-bond donors (Lipinski definition) is 2. The zero-order valence-electron chi connectivity index (χ0n) is 7.39. The number of carboxylic acids is 1. The van der Waals surface area contributed by atoms with Crippen molar-refractivity contribution in [3.8, 4) is 0 Å². The van der Waals surface area contributed by atoms with Crippen molar-refractivity contribution in [3.63, 3.8) is 0 Å². The SMILES string of the molecule is Cc1[nH]c2c(c1CC(=O)O)COC2. The Kier molecular flexibility index (Phi) is 1.84. The van der Waals surface area contributed by atoms with E-state index in [1.807, 2.05) is 6.92 Å². The summed E-state index contributed by atoms with van der Waals surface area (Å²) in [5, 5.41) is 8.69. The van der Waals surface area contributed by atoms with Crippen LogP contribution in [0.15, 0.2) is 0 Å². The third-order valence-electron chi connectivity index (χ3n) is 2.34. The number of carboxylic acid groups (broad SMARTS) is 1. The Morgan fingerprint density at radius 3 is 3.08 bits per heavy atom. The first-order valence-corrected chi connectivity index (χ1v) is 4.17. The van der Waals surface area contributed by atoms with E-state index in [0.717, 1.165) is 22.5 Å². The average molecular weight is 181 g/mol. The van der Waals surface area contributed by atoms with Gasteiger partial charge in [-0.05, 0) is 12.5 Å². The Morgan fingerprint density at radius 1 is 1.62 bits per heavy atom. The molecule has 1 aliphatic heterocycles. The Hall–Kier alpha value is -1.29. The van der Waals surface area contributed by atoms with Crippen molar-refractivity contribution >= 4 is 5.97 Å². The molecule has 0 atom stereocenters. The van der Waals surface area contributed by atoms with E-state index in [1.165, 1.54) is 0 Å². The summed E-state index contributed by atoms with van der Waals surface area (Å²) >= 11 is 0. The number of ether oxygens (including phenoxy) is 1. The van der Waals surface area contributed by atoms with Crippen molar-refractivity contribution < 1.29 is 14.6 Å². The first-order chi connectivity index (χ1) is 6.18. The minimum Gasteiger partial charge on any atom is -0.481 e. The van der Waals surface area contributed by atoms with Crippen molar-refractivity contribution in [2.24, 2.45) is 0 Å². The highest BCUT2D eigenvalue weighted by Gasteiger charge is 2.21. The number of rotatable bonds is 2. The molecule has 2 heterocycles. The van der Waals surface area contributed by atoms with Gasteiger partial charge in [0.25, 0.3) is 0 Å². The molecule has 70 valence electrons. The lowest BCUT2D eigenvalue weighted by Crippen LogP contribution is -2.02. The Bertz CT molecular complexity index is 354. The van der Waals surface area contributed by atoms with Gasteiger partial charge in [-0.25, -0.2) is 0 Å². The van der Waals surface area contributed by atoms with Crippen LogP contribution in [0.25, 0.3) is 0 Å². The summed E-state index contributed by atoms with van der Waals surface area (Å²) in [4.78, 5) is 13.7. The molecular formula is C9H11NO3. The largest absolute Gasteiger partial charge is 0.481 e. The summed E-state index contributed by atoms with van der Waals surface area (Å²) in [6.07, 6.45) is 0.0844. The van der Waals surface area contributed by atoms with Gasteiger partial charge in [0.05, 0.1) is 19.6 Å². The lowest BCUT2D eigenvalue weighted by Gasteiger charge is -1.98. The van der Waals surface area contributed by atoms with Crippen LogP contribution in [0.5, 0.6) is 0 Å². The van der Waals surface area contributed by atoms with Crippen LogP contribution in [-0.4, -0.2) is 16.1 Å². The van der Waals surface area contributed by atoms with Crippen molar-refractivity contribution in [1.82, 2.24) is 4.98 Å². The molecule has 2 N–H and O–H groups in total. The molecule has 0 radical (unpaired) electrons.